The summed E-state index contributed by atoms with van der Waals surface area (Å²) in [7, 11) is 0. The molecule has 1 amide bonds. The van der Waals surface area contributed by atoms with Crippen molar-refractivity contribution in [3.05, 3.63) is 66.3 Å². The molecule has 1 aromatic rings. The average Bonchev–Trinajstić information content (AvgIpc) is 2.39. The van der Waals surface area contributed by atoms with Crippen molar-refractivity contribution in [2.24, 2.45) is 0 Å². The highest BCUT2D eigenvalue weighted by molar-refractivity contribution is 6.03. The number of anilines is 1. The lowest BCUT2D eigenvalue weighted by molar-refractivity contribution is -0.112. The highest BCUT2D eigenvalue weighted by Gasteiger charge is 2.07. The zero-order chi connectivity index (χ0) is 13.4. The zero-order valence-corrected chi connectivity index (χ0v) is 10.9. The first-order chi connectivity index (χ1) is 8.65. The average molecular weight is 241 g/mol. The number of amides is 1. The highest BCUT2D eigenvalue weighted by atomic mass is 16.1. The molecule has 0 bridgehead atoms. The first-order valence-corrected chi connectivity index (χ1v) is 5.95. The van der Waals surface area contributed by atoms with E-state index in [0.717, 1.165) is 23.3 Å². The normalized spacial score (nSPS) is 12.1. The first-order valence-electron chi connectivity index (χ1n) is 5.95. The van der Waals surface area contributed by atoms with Crippen LogP contribution in [0, 0.1) is 0 Å². The maximum absolute atomic E-state index is 12.0. The van der Waals surface area contributed by atoms with Crippen LogP contribution in [0.1, 0.15) is 20.3 Å². The number of hydrogen-bond acceptors (Lipinski definition) is 1. The SMILES string of the molecule is C=C/C=C\C/C(C)=C(\C)C(=O)Nc1ccccc1. The lowest BCUT2D eigenvalue weighted by Crippen LogP contribution is -2.13. The van der Waals surface area contributed by atoms with Crippen molar-refractivity contribution in [2.45, 2.75) is 20.3 Å². The smallest absolute Gasteiger partial charge is 0.251 e. The fraction of sp³-hybridized carbons (Fsp3) is 0.188. The molecule has 2 heteroatoms. The van der Waals surface area contributed by atoms with E-state index >= 15 is 0 Å². The topological polar surface area (TPSA) is 29.1 Å². The summed E-state index contributed by atoms with van der Waals surface area (Å²) in [5.74, 6) is -0.0503. The maximum Gasteiger partial charge on any atom is 0.251 e. The van der Waals surface area contributed by atoms with E-state index in [1.54, 1.807) is 6.08 Å². The Morgan fingerprint density at radius 2 is 1.94 bits per heavy atom. The van der Waals surface area contributed by atoms with E-state index in [9.17, 15) is 4.79 Å². The molecular weight excluding hydrogens is 222 g/mol. The fourth-order valence-electron chi connectivity index (χ4n) is 1.43. The molecule has 0 heterocycles. The van der Waals surface area contributed by atoms with Crippen LogP contribution in [0.2, 0.25) is 0 Å². The summed E-state index contributed by atoms with van der Waals surface area (Å²) in [4.78, 5) is 12.0. The van der Waals surface area contributed by atoms with Gasteiger partial charge in [-0.2, -0.15) is 0 Å². The van der Waals surface area contributed by atoms with Gasteiger partial charge in [0.1, 0.15) is 0 Å². The predicted molar refractivity (Wildman–Crippen MR) is 77.4 cm³/mol. The molecule has 0 saturated carbocycles. The van der Waals surface area contributed by atoms with Gasteiger partial charge in [0.05, 0.1) is 0 Å². The lowest BCUT2D eigenvalue weighted by atomic mass is 10.1. The summed E-state index contributed by atoms with van der Waals surface area (Å²) in [5.41, 5.74) is 2.63. The van der Waals surface area contributed by atoms with E-state index in [1.165, 1.54) is 0 Å². The largest absolute Gasteiger partial charge is 0.322 e. The Kier molecular flexibility index (Phi) is 5.65. The van der Waals surface area contributed by atoms with Crippen LogP contribution in [-0.4, -0.2) is 5.91 Å². The second-order valence-corrected chi connectivity index (χ2v) is 4.09. The van der Waals surface area contributed by atoms with Crippen molar-refractivity contribution >= 4 is 11.6 Å². The third-order valence-corrected chi connectivity index (χ3v) is 2.71. The van der Waals surface area contributed by atoms with Gasteiger partial charge in [-0.1, -0.05) is 48.6 Å². The fourth-order valence-corrected chi connectivity index (χ4v) is 1.43. The third-order valence-electron chi connectivity index (χ3n) is 2.71. The minimum Gasteiger partial charge on any atom is -0.322 e. The van der Waals surface area contributed by atoms with E-state index in [1.807, 2.05) is 56.3 Å². The van der Waals surface area contributed by atoms with Crippen LogP contribution in [0.25, 0.3) is 0 Å². The molecule has 18 heavy (non-hydrogen) atoms. The zero-order valence-electron chi connectivity index (χ0n) is 10.9. The van der Waals surface area contributed by atoms with Crippen LogP contribution in [0.3, 0.4) is 0 Å². The predicted octanol–water partition coefficient (Wildman–Crippen LogP) is 4.09. The monoisotopic (exact) mass is 241 g/mol. The Bertz CT molecular complexity index is 469. The lowest BCUT2D eigenvalue weighted by Gasteiger charge is -2.07. The molecule has 0 aliphatic rings. The molecule has 1 rings (SSSR count). The first kappa shape index (κ1) is 14.0. The molecule has 0 atom stereocenters. The van der Waals surface area contributed by atoms with Crippen molar-refractivity contribution in [1.29, 1.82) is 0 Å². The van der Waals surface area contributed by atoms with E-state index in [4.69, 9.17) is 0 Å². The highest BCUT2D eigenvalue weighted by Crippen LogP contribution is 2.12. The molecule has 0 spiro atoms. The molecule has 0 saturated heterocycles. The number of carbonyl (C=O) groups excluding carboxylic acids is 1. The maximum atomic E-state index is 12.0. The molecule has 0 fully saturated rings. The molecule has 94 valence electrons. The van der Waals surface area contributed by atoms with E-state index in [-0.39, 0.29) is 5.91 Å². The minimum atomic E-state index is -0.0503. The summed E-state index contributed by atoms with van der Waals surface area (Å²) in [5, 5.41) is 2.87. The van der Waals surface area contributed by atoms with Gasteiger partial charge in [0, 0.05) is 11.3 Å². The summed E-state index contributed by atoms with van der Waals surface area (Å²) >= 11 is 0. The van der Waals surface area contributed by atoms with Gasteiger partial charge in [0.15, 0.2) is 0 Å². The molecular formula is C16H19NO. The summed E-state index contributed by atoms with van der Waals surface area (Å²) in [6, 6.07) is 9.46. The Hall–Kier alpha value is -2.09. The molecule has 0 aliphatic heterocycles. The quantitative estimate of drug-likeness (QED) is 0.610. The van der Waals surface area contributed by atoms with Crippen LogP contribution in [-0.2, 0) is 4.79 Å². The molecule has 1 aromatic carbocycles. The number of benzene rings is 1. The van der Waals surface area contributed by atoms with Crippen LogP contribution in [0.15, 0.2) is 66.3 Å². The molecule has 0 aromatic heterocycles. The van der Waals surface area contributed by atoms with Crippen molar-refractivity contribution in [2.75, 3.05) is 5.32 Å². The number of para-hydroxylation sites is 1. The van der Waals surface area contributed by atoms with Crippen LogP contribution >= 0.6 is 0 Å². The van der Waals surface area contributed by atoms with Gasteiger partial charge < -0.3 is 5.32 Å². The summed E-state index contributed by atoms with van der Waals surface area (Å²) < 4.78 is 0. The van der Waals surface area contributed by atoms with Crippen molar-refractivity contribution in [3.63, 3.8) is 0 Å². The van der Waals surface area contributed by atoms with E-state index < -0.39 is 0 Å². The van der Waals surface area contributed by atoms with Gasteiger partial charge in [0.25, 0.3) is 5.91 Å². The van der Waals surface area contributed by atoms with Gasteiger partial charge in [-0.3, -0.25) is 4.79 Å². The van der Waals surface area contributed by atoms with Crippen LogP contribution < -0.4 is 5.32 Å². The van der Waals surface area contributed by atoms with Crippen molar-refractivity contribution in [1.82, 2.24) is 0 Å². The Morgan fingerprint density at radius 3 is 2.56 bits per heavy atom. The molecule has 2 nitrogen and oxygen atoms in total. The molecule has 0 unspecified atom stereocenters. The van der Waals surface area contributed by atoms with E-state index in [0.29, 0.717) is 0 Å². The van der Waals surface area contributed by atoms with E-state index in [2.05, 4.69) is 11.9 Å². The number of hydrogen-bond donors (Lipinski definition) is 1. The Morgan fingerprint density at radius 1 is 1.28 bits per heavy atom. The summed E-state index contributed by atoms with van der Waals surface area (Å²) in [6.07, 6.45) is 6.36. The Balaban J connectivity index is 2.68. The van der Waals surface area contributed by atoms with Crippen molar-refractivity contribution in [3.8, 4) is 0 Å². The molecule has 1 N–H and O–H groups in total. The Labute approximate surface area is 109 Å². The summed E-state index contributed by atoms with van der Waals surface area (Å²) in [6.45, 7) is 7.42. The van der Waals surface area contributed by atoms with Gasteiger partial charge >= 0.3 is 0 Å². The standard InChI is InChI=1S/C16H19NO/c1-4-5-7-10-13(2)14(3)16(18)17-15-11-8-6-9-12-15/h4-9,11-12H,1,10H2,2-3H3,(H,17,18)/b7-5-,14-13+. The van der Waals surface area contributed by atoms with Gasteiger partial charge in [0.2, 0.25) is 0 Å². The van der Waals surface area contributed by atoms with Gasteiger partial charge in [-0.15, -0.1) is 0 Å². The number of rotatable bonds is 5. The van der Waals surface area contributed by atoms with Crippen LogP contribution in [0.5, 0.6) is 0 Å². The van der Waals surface area contributed by atoms with Crippen molar-refractivity contribution < 1.29 is 4.79 Å². The number of carbonyl (C=O) groups is 1. The van der Waals surface area contributed by atoms with Crippen LogP contribution in [0.4, 0.5) is 5.69 Å². The third kappa shape index (κ3) is 4.42. The molecule has 0 radical (unpaired) electrons. The second-order valence-electron chi connectivity index (χ2n) is 4.09. The minimum absolute atomic E-state index is 0.0503. The second kappa shape index (κ2) is 7.28. The molecule has 0 aliphatic carbocycles. The van der Waals surface area contributed by atoms with Gasteiger partial charge in [-0.25, -0.2) is 0 Å². The number of nitrogens with one attached hydrogen (secondary N) is 1. The number of allylic oxidation sites excluding steroid dienone is 4. The van der Waals surface area contributed by atoms with Gasteiger partial charge in [-0.05, 0) is 32.4 Å².